The Balaban J connectivity index is 1.56. The third-order valence-electron chi connectivity index (χ3n) is 4.33. The number of benzene rings is 2. The van der Waals surface area contributed by atoms with Gasteiger partial charge in [-0.25, -0.2) is 0 Å². The number of amides is 2. The summed E-state index contributed by atoms with van der Waals surface area (Å²) in [5.74, 6) is 1.12. The van der Waals surface area contributed by atoms with Crippen LogP contribution in [0.25, 0.3) is 0 Å². The van der Waals surface area contributed by atoms with Crippen LogP contribution in [-0.4, -0.2) is 37.0 Å². The second-order valence-electron chi connectivity index (χ2n) is 6.10. The summed E-state index contributed by atoms with van der Waals surface area (Å²) in [4.78, 5) is 24.7. The van der Waals surface area contributed by atoms with Crippen molar-refractivity contribution in [3.05, 3.63) is 48.0 Å². The molecule has 1 atom stereocenters. The molecule has 1 aliphatic rings. The summed E-state index contributed by atoms with van der Waals surface area (Å²) < 4.78 is 10.4. The Morgan fingerprint density at radius 1 is 1.19 bits per heavy atom. The van der Waals surface area contributed by atoms with E-state index in [0.717, 1.165) is 17.7 Å². The second-order valence-corrected chi connectivity index (χ2v) is 7.29. The van der Waals surface area contributed by atoms with Gasteiger partial charge in [0.2, 0.25) is 11.8 Å². The van der Waals surface area contributed by atoms with Crippen molar-refractivity contribution in [3.8, 4) is 11.5 Å². The van der Waals surface area contributed by atoms with Crippen LogP contribution >= 0.6 is 11.8 Å². The van der Waals surface area contributed by atoms with E-state index in [1.807, 2.05) is 24.3 Å². The Morgan fingerprint density at radius 2 is 1.96 bits per heavy atom. The van der Waals surface area contributed by atoms with Gasteiger partial charge >= 0.3 is 0 Å². The predicted octanol–water partition coefficient (Wildman–Crippen LogP) is 3.33. The van der Waals surface area contributed by atoms with Crippen molar-refractivity contribution in [2.75, 3.05) is 30.6 Å². The van der Waals surface area contributed by atoms with Crippen LogP contribution in [0, 0.1) is 0 Å². The van der Waals surface area contributed by atoms with Gasteiger partial charge in [-0.05, 0) is 36.6 Å². The van der Waals surface area contributed by atoms with Gasteiger partial charge in [-0.2, -0.15) is 0 Å². The molecule has 0 spiro atoms. The Kier molecular flexibility index (Phi) is 6.24. The lowest BCUT2D eigenvalue weighted by molar-refractivity contribution is -0.115. The molecule has 0 saturated carbocycles. The van der Waals surface area contributed by atoms with E-state index in [2.05, 4.69) is 10.6 Å². The van der Waals surface area contributed by atoms with Crippen LogP contribution < -0.4 is 20.1 Å². The lowest BCUT2D eigenvalue weighted by Crippen LogP contribution is -2.26. The molecule has 2 N–H and O–H groups in total. The van der Waals surface area contributed by atoms with Crippen molar-refractivity contribution in [2.45, 2.75) is 18.1 Å². The molecule has 0 aliphatic carbocycles. The molecule has 3 rings (SSSR count). The zero-order valence-electron chi connectivity index (χ0n) is 15.3. The molecule has 0 fully saturated rings. The van der Waals surface area contributed by atoms with Crippen LogP contribution in [0.2, 0.25) is 0 Å². The van der Waals surface area contributed by atoms with E-state index in [9.17, 15) is 9.59 Å². The van der Waals surface area contributed by atoms with E-state index in [0.29, 0.717) is 23.6 Å². The first-order valence-corrected chi connectivity index (χ1v) is 9.68. The maximum Gasteiger partial charge on any atom is 0.237 e. The zero-order chi connectivity index (χ0) is 19.2. The first-order valence-electron chi connectivity index (χ1n) is 8.63. The van der Waals surface area contributed by atoms with E-state index < -0.39 is 0 Å². The highest BCUT2D eigenvalue weighted by Gasteiger charge is 2.24. The van der Waals surface area contributed by atoms with Gasteiger partial charge in [-0.3, -0.25) is 9.59 Å². The molecule has 2 aromatic carbocycles. The van der Waals surface area contributed by atoms with Crippen molar-refractivity contribution in [3.63, 3.8) is 0 Å². The number of rotatable bonds is 6. The number of ether oxygens (including phenoxy) is 2. The minimum atomic E-state index is -0.256. The summed E-state index contributed by atoms with van der Waals surface area (Å²) in [7, 11) is 3.10. The largest absolute Gasteiger partial charge is 0.493 e. The third-order valence-corrected chi connectivity index (χ3v) is 5.61. The van der Waals surface area contributed by atoms with Crippen molar-refractivity contribution < 1.29 is 19.1 Å². The topological polar surface area (TPSA) is 76.7 Å². The van der Waals surface area contributed by atoms with Gasteiger partial charge in [-0.1, -0.05) is 18.2 Å². The number of carbonyl (C=O) groups is 2. The fourth-order valence-electron chi connectivity index (χ4n) is 2.94. The molecule has 6 nitrogen and oxygen atoms in total. The standard InChI is InChI=1S/C20H22N2O4S/c1-25-16-9-8-14(11-17(16)26-2)21-19(23)12-27-18-10-7-13-5-3-4-6-15(13)22-20(18)24/h3-6,8-9,11,18H,7,10,12H2,1-2H3,(H,21,23)(H,22,24). The van der Waals surface area contributed by atoms with Gasteiger partial charge in [-0.15, -0.1) is 11.8 Å². The lowest BCUT2D eigenvalue weighted by Gasteiger charge is -2.13. The van der Waals surface area contributed by atoms with Gasteiger partial charge < -0.3 is 20.1 Å². The first kappa shape index (κ1) is 19.1. The fourth-order valence-corrected chi connectivity index (χ4v) is 3.86. The van der Waals surface area contributed by atoms with Crippen LogP contribution in [-0.2, 0) is 16.0 Å². The van der Waals surface area contributed by atoms with Crippen LogP contribution in [0.15, 0.2) is 42.5 Å². The predicted molar refractivity (Wildman–Crippen MR) is 108 cm³/mol. The number of aryl methyl sites for hydroxylation is 1. The Labute approximate surface area is 162 Å². The summed E-state index contributed by atoms with van der Waals surface area (Å²) in [5.41, 5.74) is 2.61. The monoisotopic (exact) mass is 386 g/mol. The minimum absolute atomic E-state index is 0.0520. The molecule has 2 aromatic rings. The summed E-state index contributed by atoms with van der Waals surface area (Å²) in [5, 5.41) is 5.52. The molecular weight excluding hydrogens is 364 g/mol. The number of para-hydroxylation sites is 1. The number of fused-ring (bicyclic) bond motifs is 1. The van der Waals surface area contributed by atoms with Crippen molar-refractivity contribution in [2.24, 2.45) is 0 Å². The average Bonchev–Trinajstić information content (AvgIpc) is 2.84. The molecule has 0 radical (unpaired) electrons. The SMILES string of the molecule is COc1ccc(NC(=O)CSC2CCc3ccccc3NC2=O)cc1OC. The smallest absolute Gasteiger partial charge is 0.237 e. The van der Waals surface area contributed by atoms with Crippen LogP contribution in [0.3, 0.4) is 0 Å². The molecule has 142 valence electrons. The molecule has 2 amide bonds. The molecule has 0 aromatic heterocycles. The molecule has 1 heterocycles. The number of hydrogen-bond donors (Lipinski definition) is 2. The van der Waals surface area contributed by atoms with E-state index >= 15 is 0 Å². The van der Waals surface area contributed by atoms with E-state index in [1.165, 1.54) is 11.8 Å². The number of methoxy groups -OCH3 is 2. The Hall–Kier alpha value is -2.67. The highest BCUT2D eigenvalue weighted by molar-refractivity contribution is 8.01. The van der Waals surface area contributed by atoms with E-state index in [4.69, 9.17) is 9.47 Å². The van der Waals surface area contributed by atoms with Gasteiger partial charge in [0.25, 0.3) is 0 Å². The number of carbonyl (C=O) groups excluding carboxylic acids is 2. The number of hydrogen-bond acceptors (Lipinski definition) is 5. The molecule has 1 unspecified atom stereocenters. The van der Waals surface area contributed by atoms with Gasteiger partial charge in [0.1, 0.15) is 0 Å². The lowest BCUT2D eigenvalue weighted by atomic mass is 10.1. The maximum absolute atomic E-state index is 12.4. The summed E-state index contributed by atoms with van der Waals surface area (Å²) in [6.45, 7) is 0. The minimum Gasteiger partial charge on any atom is -0.493 e. The summed E-state index contributed by atoms with van der Waals surface area (Å²) in [6, 6.07) is 13.0. The fraction of sp³-hybridized carbons (Fsp3) is 0.300. The molecule has 1 aliphatic heterocycles. The van der Waals surface area contributed by atoms with Crippen molar-refractivity contribution >= 4 is 35.0 Å². The summed E-state index contributed by atoms with van der Waals surface area (Å²) in [6.07, 6.45) is 1.51. The molecule has 0 bridgehead atoms. The summed E-state index contributed by atoms with van der Waals surface area (Å²) >= 11 is 1.35. The quantitative estimate of drug-likeness (QED) is 0.796. The van der Waals surface area contributed by atoms with Gasteiger partial charge in [0, 0.05) is 17.4 Å². The van der Waals surface area contributed by atoms with Crippen molar-refractivity contribution in [1.82, 2.24) is 0 Å². The molecule has 7 heteroatoms. The Morgan fingerprint density at radius 3 is 2.74 bits per heavy atom. The average molecular weight is 386 g/mol. The van der Waals surface area contributed by atoms with Gasteiger partial charge in [0.15, 0.2) is 11.5 Å². The van der Waals surface area contributed by atoms with Crippen molar-refractivity contribution in [1.29, 1.82) is 0 Å². The van der Waals surface area contributed by atoms with Crippen LogP contribution in [0.5, 0.6) is 11.5 Å². The molecule has 27 heavy (non-hydrogen) atoms. The number of thioether (sulfide) groups is 1. The Bertz CT molecular complexity index is 840. The third kappa shape index (κ3) is 4.74. The normalized spacial score (nSPS) is 15.9. The number of anilines is 2. The van der Waals surface area contributed by atoms with E-state index in [-0.39, 0.29) is 22.8 Å². The first-order chi connectivity index (χ1) is 13.1. The van der Waals surface area contributed by atoms with E-state index in [1.54, 1.807) is 32.4 Å². The molecular formula is C20H22N2O4S. The highest BCUT2D eigenvalue weighted by Crippen LogP contribution is 2.30. The van der Waals surface area contributed by atoms with Gasteiger partial charge in [0.05, 0.1) is 25.2 Å². The zero-order valence-corrected chi connectivity index (χ0v) is 16.1. The second kappa shape index (κ2) is 8.81. The molecule has 0 saturated heterocycles. The number of nitrogens with one attached hydrogen (secondary N) is 2. The van der Waals surface area contributed by atoms with Crippen LogP contribution in [0.1, 0.15) is 12.0 Å². The maximum atomic E-state index is 12.4. The van der Waals surface area contributed by atoms with Crippen LogP contribution in [0.4, 0.5) is 11.4 Å². The highest BCUT2D eigenvalue weighted by atomic mass is 32.2.